The zero-order chi connectivity index (χ0) is 10.8. The monoisotopic (exact) mass is 289 g/mol. The molecule has 0 radical (unpaired) electrons. The van der Waals surface area contributed by atoms with Crippen LogP contribution in [0.1, 0.15) is 30.9 Å². The molecule has 82 valence electrons. The summed E-state index contributed by atoms with van der Waals surface area (Å²) in [5.74, 6) is 0.208. The third kappa shape index (κ3) is 2.47. The van der Waals surface area contributed by atoms with Gasteiger partial charge < -0.3 is 10.4 Å². The highest BCUT2D eigenvalue weighted by Gasteiger charge is 2.19. The zero-order valence-electron chi connectivity index (χ0n) is 8.26. The molecule has 0 amide bonds. The number of aromatic hydroxyl groups is 1. The highest BCUT2D eigenvalue weighted by Crippen LogP contribution is 2.37. The second kappa shape index (κ2) is 4.73. The number of phenolic OH excluding ortho intramolecular Hbond substituents is 1. The second-order valence-electron chi connectivity index (χ2n) is 3.83. The van der Waals surface area contributed by atoms with Crippen molar-refractivity contribution in [2.75, 3.05) is 6.54 Å². The summed E-state index contributed by atoms with van der Waals surface area (Å²) < 4.78 is 0.910. The highest BCUT2D eigenvalue weighted by molar-refractivity contribution is 9.10. The lowest BCUT2D eigenvalue weighted by molar-refractivity contribution is 0.391. The highest BCUT2D eigenvalue weighted by atomic mass is 79.9. The molecule has 1 heterocycles. The van der Waals surface area contributed by atoms with Gasteiger partial charge >= 0.3 is 0 Å². The quantitative estimate of drug-likeness (QED) is 0.828. The van der Waals surface area contributed by atoms with Crippen LogP contribution in [0.4, 0.5) is 0 Å². The molecule has 2 rings (SSSR count). The Hall–Kier alpha value is -0.250. The maximum absolute atomic E-state index is 9.88. The van der Waals surface area contributed by atoms with Gasteiger partial charge in [0.2, 0.25) is 0 Å². The molecule has 0 aliphatic carbocycles. The average molecular weight is 291 g/mol. The fourth-order valence-electron chi connectivity index (χ4n) is 1.97. The van der Waals surface area contributed by atoms with Crippen LogP contribution in [0.5, 0.6) is 5.75 Å². The van der Waals surface area contributed by atoms with E-state index < -0.39 is 0 Å². The van der Waals surface area contributed by atoms with E-state index in [0.29, 0.717) is 5.02 Å². The van der Waals surface area contributed by atoms with Crippen LogP contribution in [-0.2, 0) is 0 Å². The van der Waals surface area contributed by atoms with Crippen molar-refractivity contribution < 1.29 is 5.11 Å². The number of phenols is 1. The zero-order valence-corrected chi connectivity index (χ0v) is 10.6. The predicted molar refractivity (Wildman–Crippen MR) is 65.4 cm³/mol. The van der Waals surface area contributed by atoms with Crippen molar-refractivity contribution in [2.24, 2.45) is 0 Å². The van der Waals surface area contributed by atoms with Crippen LogP contribution in [-0.4, -0.2) is 11.7 Å². The Labute approximate surface area is 103 Å². The molecule has 4 heteroatoms. The first-order chi connectivity index (χ1) is 7.18. The summed E-state index contributed by atoms with van der Waals surface area (Å²) in [6, 6.07) is 3.88. The Balaban J connectivity index is 2.33. The summed E-state index contributed by atoms with van der Waals surface area (Å²) in [5, 5.41) is 13.7. The van der Waals surface area contributed by atoms with E-state index in [2.05, 4.69) is 21.2 Å². The van der Waals surface area contributed by atoms with Gasteiger partial charge in [0.1, 0.15) is 5.75 Å². The second-order valence-corrected chi connectivity index (χ2v) is 5.15. The largest absolute Gasteiger partial charge is 0.506 e. The average Bonchev–Trinajstić information content (AvgIpc) is 2.24. The van der Waals surface area contributed by atoms with E-state index in [1.54, 1.807) is 6.07 Å². The molecule has 1 fully saturated rings. The Morgan fingerprint density at radius 2 is 2.20 bits per heavy atom. The lowest BCUT2D eigenvalue weighted by Gasteiger charge is -2.25. The molecule has 1 saturated heterocycles. The van der Waals surface area contributed by atoms with Crippen molar-refractivity contribution in [2.45, 2.75) is 25.3 Å². The molecular formula is C11H13BrClNO. The number of rotatable bonds is 1. The van der Waals surface area contributed by atoms with E-state index >= 15 is 0 Å². The number of halogens is 2. The Morgan fingerprint density at radius 1 is 1.40 bits per heavy atom. The third-order valence-corrected chi connectivity index (χ3v) is 3.49. The van der Waals surface area contributed by atoms with Gasteiger partial charge in [-0.1, -0.05) is 34.0 Å². The SMILES string of the molecule is Oc1c(Cl)cc(Br)cc1[C@H]1CCCCN1. The number of piperidine rings is 1. The number of hydrogen-bond acceptors (Lipinski definition) is 2. The van der Waals surface area contributed by atoms with Crippen molar-refractivity contribution >= 4 is 27.5 Å². The Kier molecular flexibility index (Phi) is 3.54. The molecule has 1 aliphatic rings. The summed E-state index contributed by atoms with van der Waals surface area (Å²) >= 11 is 9.32. The molecule has 2 nitrogen and oxygen atoms in total. The van der Waals surface area contributed by atoms with Crippen LogP contribution in [0.2, 0.25) is 5.02 Å². The smallest absolute Gasteiger partial charge is 0.139 e. The van der Waals surface area contributed by atoms with E-state index in [1.165, 1.54) is 12.8 Å². The third-order valence-electron chi connectivity index (χ3n) is 2.74. The summed E-state index contributed by atoms with van der Waals surface area (Å²) in [4.78, 5) is 0. The van der Waals surface area contributed by atoms with Gasteiger partial charge in [0.05, 0.1) is 5.02 Å². The molecule has 1 aromatic carbocycles. The van der Waals surface area contributed by atoms with E-state index in [9.17, 15) is 5.11 Å². The molecule has 15 heavy (non-hydrogen) atoms. The Morgan fingerprint density at radius 3 is 2.87 bits per heavy atom. The summed E-state index contributed by atoms with van der Waals surface area (Å²) in [6.07, 6.45) is 3.46. The molecule has 0 unspecified atom stereocenters. The minimum absolute atomic E-state index is 0.208. The molecular weight excluding hydrogens is 277 g/mol. The molecule has 0 bridgehead atoms. The minimum Gasteiger partial charge on any atom is -0.506 e. The van der Waals surface area contributed by atoms with Crippen molar-refractivity contribution in [3.05, 3.63) is 27.2 Å². The lowest BCUT2D eigenvalue weighted by Crippen LogP contribution is -2.26. The van der Waals surface area contributed by atoms with E-state index in [0.717, 1.165) is 23.0 Å². The lowest BCUT2D eigenvalue weighted by atomic mass is 9.97. The molecule has 0 saturated carbocycles. The van der Waals surface area contributed by atoms with Crippen LogP contribution in [0.3, 0.4) is 0 Å². The van der Waals surface area contributed by atoms with E-state index in [4.69, 9.17) is 11.6 Å². The van der Waals surface area contributed by atoms with Gasteiger partial charge in [-0.3, -0.25) is 0 Å². The fraction of sp³-hybridized carbons (Fsp3) is 0.455. The maximum Gasteiger partial charge on any atom is 0.139 e. The summed E-state index contributed by atoms with van der Waals surface area (Å²) in [6.45, 7) is 1.01. The van der Waals surface area contributed by atoms with Gasteiger partial charge in [-0.2, -0.15) is 0 Å². The van der Waals surface area contributed by atoms with Gasteiger partial charge in [0.25, 0.3) is 0 Å². The van der Waals surface area contributed by atoms with Gasteiger partial charge in [0.15, 0.2) is 0 Å². The van der Waals surface area contributed by atoms with Crippen LogP contribution < -0.4 is 5.32 Å². The van der Waals surface area contributed by atoms with Crippen molar-refractivity contribution in [1.29, 1.82) is 0 Å². The fourth-order valence-corrected chi connectivity index (χ4v) is 2.80. The first-order valence-electron chi connectivity index (χ1n) is 5.10. The molecule has 1 aromatic rings. The number of benzene rings is 1. The first-order valence-corrected chi connectivity index (χ1v) is 6.27. The normalized spacial score (nSPS) is 21.6. The topological polar surface area (TPSA) is 32.3 Å². The van der Waals surface area contributed by atoms with Gasteiger partial charge in [-0.15, -0.1) is 0 Å². The molecule has 0 aromatic heterocycles. The predicted octanol–water partition coefficient (Wildman–Crippen LogP) is 3.62. The van der Waals surface area contributed by atoms with Crippen LogP contribution in [0, 0.1) is 0 Å². The van der Waals surface area contributed by atoms with Gasteiger partial charge in [0, 0.05) is 16.1 Å². The van der Waals surface area contributed by atoms with Crippen molar-refractivity contribution in [3.8, 4) is 5.75 Å². The van der Waals surface area contributed by atoms with Gasteiger partial charge in [-0.05, 0) is 31.5 Å². The summed E-state index contributed by atoms with van der Waals surface area (Å²) in [5.41, 5.74) is 0.897. The van der Waals surface area contributed by atoms with Crippen LogP contribution in [0.15, 0.2) is 16.6 Å². The van der Waals surface area contributed by atoms with E-state index in [1.807, 2.05) is 6.07 Å². The molecule has 0 spiro atoms. The van der Waals surface area contributed by atoms with Crippen molar-refractivity contribution in [1.82, 2.24) is 5.32 Å². The van der Waals surface area contributed by atoms with Crippen LogP contribution >= 0.6 is 27.5 Å². The standard InChI is InChI=1S/C11H13BrClNO/c12-7-5-8(11(15)9(13)6-7)10-3-1-2-4-14-10/h5-6,10,14-15H,1-4H2/t10-/m1/s1. The molecule has 2 N–H and O–H groups in total. The number of hydrogen-bond donors (Lipinski definition) is 2. The van der Waals surface area contributed by atoms with E-state index in [-0.39, 0.29) is 11.8 Å². The first kappa shape index (κ1) is 11.2. The Bertz CT molecular complexity index is 364. The summed E-state index contributed by atoms with van der Waals surface area (Å²) in [7, 11) is 0. The van der Waals surface area contributed by atoms with Crippen LogP contribution in [0.25, 0.3) is 0 Å². The molecule has 1 atom stereocenters. The minimum atomic E-state index is 0.208. The maximum atomic E-state index is 9.88. The van der Waals surface area contributed by atoms with Gasteiger partial charge in [-0.25, -0.2) is 0 Å². The number of nitrogens with one attached hydrogen (secondary N) is 1. The molecule has 1 aliphatic heterocycles. The van der Waals surface area contributed by atoms with Crippen molar-refractivity contribution in [3.63, 3.8) is 0 Å².